The van der Waals surface area contributed by atoms with Crippen molar-refractivity contribution in [3.63, 3.8) is 0 Å². The minimum absolute atomic E-state index is 0.00731. The lowest BCUT2D eigenvalue weighted by molar-refractivity contribution is 0.0481. The molecule has 4 aromatic carbocycles. The van der Waals surface area contributed by atoms with Gasteiger partial charge in [0.2, 0.25) is 0 Å². The van der Waals surface area contributed by atoms with E-state index in [1.54, 1.807) is 36.7 Å². The maximum absolute atomic E-state index is 16.0. The number of benzene rings is 4. The largest absolute Gasteiger partial charge is 0.299 e. The van der Waals surface area contributed by atoms with Crippen molar-refractivity contribution in [2.45, 2.75) is 5.92 Å². The summed E-state index contributed by atoms with van der Waals surface area (Å²) in [6, 6.07) is 35.6. The van der Waals surface area contributed by atoms with E-state index in [9.17, 15) is 0 Å². The van der Waals surface area contributed by atoms with Crippen molar-refractivity contribution in [2.75, 3.05) is 0 Å². The normalized spacial score (nSPS) is 13.1. The number of rotatable bonds is 4. The summed E-state index contributed by atoms with van der Waals surface area (Å²) >= 11 is 0. The SMILES string of the molecule is FC1(F)c2cc(-c3ccncc3)ccc2-c2ccc(-c3nc(-c4ccccc4)cc(-c4ccccc4)n3)cc21. The second-order valence-corrected chi connectivity index (χ2v) is 9.53. The molecule has 0 aliphatic heterocycles. The number of halogens is 2. The third-order valence-electron chi connectivity index (χ3n) is 7.14. The van der Waals surface area contributed by atoms with Gasteiger partial charge in [0.25, 0.3) is 5.92 Å². The molecule has 5 heteroatoms. The lowest BCUT2D eigenvalue weighted by Crippen LogP contribution is -2.11. The first-order valence-corrected chi connectivity index (χ1v) is 12.7. The first-order chi connectivity index (χ1) is 19.1. The standard InChI is InChI=1S/C34H21F2N3/c35-34(36)29-19-25(22-15-17-37-18-16-22)11-13-27(29)28-14-12-26(20-30(28)34)33-38-31(23-7-3-1-4-8-23)21-32(39-33)24-9-5-2-6-10-24/h1-21H. The molecule has 1 aliphatic rings. The third-order valence-corrected chi connectivity index (χ3v) is 7.14. The Morgan fingerprint density at radius 2 is 0.974 bits per heavy atom. The number of hydrogen-bond acceptors (Lipinski definition) is 3. The average Bonchev–Trinajstić information content (AvgIpc) is 3.23. The van der Waals surface area contributed by atoms with Crippen LogP contribution in [0.1, 0.15) is 11.1 Å². The molecule has 6 aromatic rings. The second kappa shape index (κ2) is 9.07. The monoisotopic (exact) mass is 509 g/mol. The van der Waals surface area contributed by atoms with Gasteiger partial charge in [-0.1, -0.05) is 84.9 Å². The van der Waals surface area contributed by atoms with Gasteiger partial charge in [-0.2, -0.15) is 8.78 Å². The molecule has 0 unspecified atom stereocenters. The highest BCUT2D eigenvalue weighted by atomic mass is 19.3. The van der Waals surface area contributed by atoms with Crippen molar-refractivity contribution in [1.82, 2.24) is 15.0 Å². The van der Waals surface area contributed by atoms with Crippen LogP contribution in [0.3, 0.4) is 0 Å². The van der Waals surface area contributed by atoms with Crippen LogP contribution in [0.2, 0.25) is 0 Å². The Labute approximate surface area is 224 Å². The van der Waals surface area contributed by atoms with Gasteiger partial charge in [0, 0.05) is 40.2 Å². The molecule has 0 saturated carbocycles. The number of nitrogens with zero attached hydrogens (tertiary/aromatic N) is 3. The molecule has 1 aliphatic carbocycles. The van der Waals surface area contributed by atoms with Crippen LogP contribution in [0.25, 0.3) is 56.2 Å². The summed E-state index contributed by atoms with van der Waals surface area (Å²) in [7, 11) is 0. The van der Waals surface area contributed by atoms with Gasteiger partial charge in [-0.15, -0.1) is 0 Å². The Bertz CT molecular complexity index is 1760. The minimum atomic E-state index is -3.15. The van der Waals surface area contributed by atoms with Gasteiger partial charge in [0.05, 0.1) is 11.4 Å². The molecule has 0 spiro atoms. The molecule has 0 fully saturated rings. The van der Waals surface area contributed by atoms with Crippen molar-refractivity contribution in [1.29, 1.82) is 0 Å². The molecule has 0 bridgehead atoms. The Kier molecular flexibility index (Phi) is 5.37. The highest BCUT2D eigenvalue weighted by Gasteiger charge is 2.44. The number of fused-ring (bicyclic) bond motifs is 3. The van der Waals surface area contributed by atoms with Gasteiger partial charge in [0.1, 0.15) is 0 Å². The molecule has 39 heavy (non-hydrogen) atoms. The van der Waals surface area contributed by atoms with Crippen LogP contribution in [-0.2, 0) is 5.92 Å². The third kappa shape index (κ3) is 3.99. The highest BCUT2D eigenvalue weighted by Crippen LogP contribution is 2.52. The molecule has 0 saturated heterocycles. The molecular formula is C34H21F2N3. The first kappa shape index (κ1) is 23.1. The molecule has 186 valence electrons. The summed E-state index contributed by atoms with van der Waals surface area (Å²) in [6.45, 7) is 0. The summed E-state index contributed by atoms with van der Waals surface area (Å²) in [5.41, 5.74) is 6.51. The lowest BCUT2D eigenvalue weighted by atomic mass is 9.99. The molecule has 0 N–H and O–H groups in total. The van der Waals surface area contributed by atoms with Crippen molar-refractivity contribution in [3.8, 4) is 56.2 Å². The fourth-order valence-electron chi connectivity index (χ4n) is 5.18. The quantitative estimate of drug-likeness (QED) is 0.239. The van der Waals surface area contributed by atoms with E-state index in [0.717, 1.165) is 33.6 Å². The van der Waals surface area contributed by atoms with E-state index in [4.69, 9.17) is 9.97 Å². The number of alkyl halides is 2. The van der Waals surface area contributed by atoms with Crippen molar-refractivity contribution < 1.29 is 8.78 Å². The van der Waals surface area contributed by atoms with E-state index in [1.807, 2.05) is 91.0 Å². The Morgan fingerprint density at radius 3 is 1.54 bits per heavy atom. The zero-order valence-corrected chi connectivity index (χ0v) is 20.7. The molecule has 3 nitrogen and oxygen atoms in total. The van der Waals surface area contributed by atoms with Crippen LogP contribution in [-0.4, -0.2) is 15.0 Å². The van der Waals surface area contributed by atoms with Gasteiger partial charge >= 0.3 is 0 Å². The zero-order valence-electron chi connectivity index (χ0n) is 20.7. The van der Waals surface area contributed by atoms with Gasteiger partial charge < -0.3 is 0 Å². The van der Waals surface area contributed by atoms with Crippen LogP contribution in [0.4, 0.5) is 8.78 Å². The average molecular weight is 510 g/mol. The molecule has 7 rings (SSSR count). The highest BCUT2D eigenvalue weighted by molar-refractivity contribution is 5.84. The molecule has 0 amide bonds. The lowest BCUT2D eigenvalue weighted by Gasteiger charge is -2.14. The van der Waals surface area contributed by atoms with E-state index < -0.39 is 5.92 Å². The fourth-order valence-corrected chi connectivity index (χ4v) is 5.18. The maximum atomic E-state index is 16.0. The van der Waals surface area contributed by atoms with Crippen LogP contribution in [0.15, 0.2) is 128 Å². The Balaban J connectivity index is 1.36. The fraction of sp³-hybridized carbons (Fsp3) is 0.0294. The molecule has 0 radical (unpaired) electrons. The summed E-state index contributed by atoms with van der Waals surface area (Å²) < 4.78 is 31.9. The van der Waals surface area contributed by atoms with Crippen molar-refractivity contribution in [2.24, 2.45) is 0 Å². The van der Waals surface area contributed by atoms with Crippen LogP contribution in [0.5, 0.6) is 0 Å². The van der Waals surface area contributed by atoms with Crippen molar-refractivity contribution >= 4 is 0 Å². The second-order valence-electron chi connectivity index (χ2n) is 9.53. The molecule has 2 aromatic heterocycles. The summed E-state index contributed by atoms with van der Waals surface area (Å²) in [6.07, 6.45) is 3.32. The first-order valence-electron chi connectivity index (χ1n) is 12.7. The summed E-state index contributed by atoms with van der Waals surface area (Å²) in [4.78, 5) is 13.7. The minimum Gasteiger partial charge on any atom is -0.265 e. The summed E-state index contributed by atoms with van der Waals surface area (Å²) in [5, 5.41) is 0. The molecule has 2 heterocycles. The van der Waals surface area contributed by atoms with Crippen LogP contribution in [0, 0.1) is 0 Å². The van der Waals surface area contributed by atoms with Crippen LogP contribution >= 0.6 is 0 Å². The van der Waals surface area contributed by atoms with Gasteiger partial charge in [-0.05, 0) is 52.6 Å². The van der Waals surface area contributed by atoms with Gasteiger partial charge in [-0.3, -0.25) is 4.98 Å². The van der Waals surface area contributed by atoms with E-state index in [0.29, 0.717) is 22.5 Å². The number of pyridine rings is 1. The smallest absolute Gasteiger partial charge is 0.265 e. The summed E-state index contributed by atoms with van der Waals surface area (Å²) in [5.74, 6) is -2.74. The van der Waals surface area contributed by atoms with Crippen LogP contribution < -0.4 is 0 Å². The van der Waals surface area contributed by atoms with E-state index in [-0.39, 0.29) is 11.1 Å². The predicted molar refractivity (Wildman–Crippen MR) is 150 cm³/mol. The Hall–Kier alpha value is -5.03. The predicted octanol–water partition coefficient (Wildman–Crippen LogP) is 8.66. The zero-order chi connectivity index (χ0) is 26.4. The van der Waals surface area contributed by atoms with Gasteiger partial charge in [0.15, 0.2) is 5.82 Å². The van der Waals surface area contributed by atoms with Crippen molar-refractivity contribution in [3.05, 3.63) is 139 Å². The number of hydrogen-bond donors (Lipinski definition) is 0. The van der Waals surface area contributed by atoms with E-state index in [2.05, 4.69) is 4.98 Å². The number of aromatic nitrogens is 3. The van der Waals surface area contributed by atoms with E-state index >= 15 is 8.78 Å². The topological polar surface area (TPSA) is 38.7 Å². The Morgan fingerprint density at radius 1 is 0.462 bits per heavy atom. The van der Waals surface area contributed by atoms with E-state index in [1.165, 1.54) is 0 Å². The molecule has 0 atom stereocenters. The maximum Gasteiger partial charge on any atom is 0.299 e. The molecular weight excluding hydrogens is 488 g/mol. The van der Waals surface area contributed by atoms with Gasteiger partial charge in [-0.25, -0.2) is 9.97 Å².